The lowest BCUT2D eigenvalue weighted by Crippen LogP contribution is -2.31. The first-order valence-corrected chi connectivity index (χ1v) is 7.34. The van der Waals surface area contributed by atoms with Crippen LogP contribution in [0.5, 0.6) is 5.75 Å². The van der Waals surface area contributed by atoms with Gasteiger partial charge in [-0.05, 0) is 25.0 Å². The molecular weight excluding hydrogens is 238 g/mol. The lowest BCUT2D eigenvalue weighted by molar-refractivity contribution is 0.414. The molecule has 1 aromatic rings. The van der Waals surface area contributed by atoms with Gasteiger partial charge in [0.15, 0.2) is 0 Å². The van der Waals surface area contributed by atoms with Gasteiger partial charge in [0.05, 0.1) is 0 Å². The molecule has 4 nitrogen and oxygen atoms in total. The van der Waals surface area contributed by atoms with Crippen molar-refractivity contribution in [3.05, 3.63) is 24.3 Å². The summed E-state index contributed by atoms with van der Waals surface area (Å²) in [6, 6.07) is 6.11. The average molecular weight is 255 g/mol. The Hall–Kier alpha value is -1.07. The predicted molar refractivity (Wildman–Crippen MR) is 65.3 cm³/mol. The smallest absolute Gasteiger partial charge is 0.246 e. The number of nitrogens with zero attached hydrogens (tertiary/aromatic N) is 1. The molecule has 1 aliphatic rings. The minimum Gasteiger partial charge on any atom is -0.507 e. The van der Waals surface area contributed by atoms with Gasteiger partial charge in [-0.2, -0.15) is 4.31 Å². The molecule has 94 valence electrons. The van der Waals surface area contributed by atoms with Crippen molar-refractivity contribution in [2.45, 2.75) is 30.6 Å². The highest BCUT2D eigenvalue weighted by Crippen LogP contribution is 2.26. The summed E-state index contributed by atoms with van der Waals surface area (Å²) in [4.78, 5) is 0.0156. The number of hydrogen-bond acceptors (Lipinski definition) is 3. The van der Waals surface area contributed by atoms with Gasteiger partial charge in [-0.15, -0.1) is 0 Å². The van der Waals surface area contributed by atoms with Crippen LogP contribution in [0.15, 0.2) is 29.2 Å². The standard InChI is InChI=1S/C12H17NO3S/c14-11-7-3-4-8-12(11)17(15,16)13-9-5-1-2-6-10-13/h3-4,7-8,14H,1-2,5-6,9-10H2. The Morgan fingerprint density at radius 1 is 1.00 bits per heavy atom. The minimum atomic E-state index is -3.53. The van der Waals surface area contributed by atoms with Crippen molar-refractivity contribution in [2.24, 2.45) is 0 Å². The van der Waals surface area contributed by atoms with E-state index < -0.39 is 10.0 Å². The third-order valence-electron chi connectivity index (χ3n) is 3.05. The molecule has 0 aliphatic carbocycles. The second-order valence-electron chi connectivity index (χ2n) is 4.29. The Bertz CT molecular complexity index is 476. The van der Waals surface area contributed by atoms with E-state index in [-0.39, 0.29) is 10.6 Å². The molecule has 17 heavy (non-hydrogen) atoms. The number of sulfonamides is 1. The summed E-state index contributed by atoms with van der Waals surface area (Å²) in [6.07, 6.45) is 3.94. The molecular formula is C12H17NO3S. The van der Waals surface area contributed by atoms with Gasteiger partial charge in [-0.1, -0.05) is 25.0 Å². The average Bonchev–Trinajstić information content (AvgIpc) is 2.58. The van der Waals surface area contributed by atoms with Crippen LogP contribution in [0.25, 0.3) is 0 Å². The van der Waals surface area contributed by atoms with Gasteiger partial charge in [-0.3, -0.25) is 0 Å². The highest BCUT2D eigenvalue weighted by molar-refractivity contribution is 7.89. The molecule has 1 fully saturated rings. The number of benzene rings is 1. The van der Waals surface area contributed by atoms with Crippen LogP contribution in [0.2, 0.25) is 0 Å². The lowest BCUT2D eigenvalue weighted by atomic mass is 10.2. The molecule has 0 atom stereocenters. The number of hydrogen-bond donors (Lipinski definition) is 1. The van der Waals surface area contributed by atoms with E-state index in [9.17, 15) is 13.5 Å². The van der Waals surface area contributed by atoms with Crippen molar-refractivity contribution in [2.75, 3.05) is 13.1 Å². The third-order valence-corrected chi connectivity index (χ3v) is 4.99. The van der Waals surface area contributed by atoms with Crippen molar-refractivity contribution >= 4 is 10.0 Å². The van der Waals surface area contributed by atoms with Gasteiger partial charge in [-0.25, -0.2) is 8.42 Å². The third kappa shape index (κ3) is 2.61. The number of rotatable bonds is 2. The van der Waals surface area contributed by atoms with Gasteiger partial charge in [0.1, 0.15) is 10.6 Å². The molecule has 1 heterocycles. The van der Waals surface area contributed by atoms with E-state index in [0.717, 1.165) is 25.7 Å². The molecule has 1 aliphatic heterocycles. The van der Waals surface area contributed by atoms with Crippen LogP contribution in [0.3, 0.4) is 0 Å². The van der Waals surface area contributed by atoms with Gasteiger partial charge in [0.25, 0.3) is 0 Å². The zero-order chi connectivity index (χ0) is 12.3. The largest absolute Gasteiger partial charge is 0.507 e. The normalized spacial score (nSPS) is 18.8. The molecule has 2 rings (SSSR count). The number of aromatic hydroxyl groups is 1. The van der Waals surface area contributed by atoms with Gasteiger partial charge < -0.3 is 5.11 Å². The molecule has 0 saturated carbocycles. The van der Waals surface area contributed by atoms with Gasteiger partial charge in [0.2, 0.25) is 10.0 Å². The van der Waals surface area contributed by atoms with Gasteiger partial charge in [0, 0.05) is 13.1 Å². The molecule has 1 N–H and O–H groups in total. The van der Waals surface area contributed by atoms with Crippen molar-refractivity contribution < 1.29 is 13.5 Å². The molecule has 1 aromatic carbocycles. The monoisotopic (exact) mass is 255 g/mol. The van der Waals surface area contributed by atoms with E-state index in [1.165, 1.54) is 16.4 Å². The fourth-order valence-electron chi connectivity index (χ4n) is 2.10. The van der Waals surface area contributed by atoms with Crippen LogP contribution in [-0.2, 0) is 10.0 Å². The molecule has 5 heteroatoms. The Balaban J connectivity index is 2.32. The molecule has 0 spiro atoms. The SMILES string of the molecule is O=S(=O)(c1ccccc1O)N1CCCCCC1. The first-order valence-electron chi connectivity index (χ1n) is 5.90. The second kappa shape index (κ2) is 5.06. The summed E-state index contributed by atoms with van der Waals surface area (Å²) in [7, 11) is -3.53. The fourth-order valence-corrected chi connectivity index (χ4v) is 3.70. The maximum atomic E-state index is 12.3. The van der Waals surface area contributed by atoms with Crippen molar-refractivity contribution in [3.63, 3.8) is 0 Å². The topological polar surface area (TPSA) is 57.6 Å². The Morgan fingerprint density at radius 2 is 1.59 bits per heavy atom. The minimum absolute atomic E-state index is 0.0156. The first kappa shape index (κ1) is 12.4. The number of phenols is 1. The summed E-state index contributed by atoms with van der Waals surface area (Å²) in [5, 5.41) is 9.64. The van der Waals surface area contributed by atoms with Crippen molar-refractivity contribution in [1.29, 1.82) is 0 Å². The van der Waals surface area contributed by atoms with Crippen molar-refractivity contribution in [1.82, 2.24) is 4.31 Å². The number of phenolic OH excluding ortho intramolecular Hbond substituents is 1. The summed E-state index contributed by atoms with van der Waals surface area (Å²) in [5.41, 5.74) is 0. The van der Waals surface area contributed by atoms with Crippen LogP contribution >= 0.6 is 0 Å². The quantitative estimate of drug-likeness (QED) is 0.878. The summed E-state index contributed by atoms with van der Waals surface area (Å²) in [6.45, 7) is 1.10. The molecule has 0 amide bonds. The van der Waals surface area contributed by atoms with Crippen LogP contribution in [0.1, 0.15) is 25.7 Å². The van der Waals surface area contributed by atoms with E-state index in [0.29, 0.717) is 13.1 Å². The van der Waals surface area contributed by atoms with Gasteiger partial charge >= 0.3 is 0 Å². The molecule has 0 unspecified atom stereocenters. The molecule has 0 aromatic heterocycles. The predicted octanol–water partition coefficient (Wildman–Crippen LogP) is 1.96. The molecule has 0 radical (unpaired) electrons. The second-order valence-corrected chi connectivity index (χ2v) is 6.19. The maximum absolute atomic E-state index is 12.3. The van der Waals surface area contributed by atoms with Crippen molar-refractivity contribution in [3.8, 4) is 5.75 Å². The Morgan fingerprint density at radius 3 is 2.18 bits per heavy atom. The van der Waals surface area contributed by atoms with Crippen LogP contribution < -0.4 is 0 Å². The maximum Gasteiger partial charge on any atom is 0.246 e. The fraction of sp³-hybridized carbons (Fsp3) is 0.500. The highest BCUT2D eigenvalue weighted by atomic mass is 32.2. The summed E-state index contributed by atoms with van der Waals surface area (Å²) < 4.78 is 26.1. The number of para-hydroxylation sites is 1. The van der Waals surface area contributed by atoms with E-state index in [2.05, 4.69) is 0 Å². The van der Waals surface area contributed by atoms with E-state index >= 15 is 0 Å². The molecule has 1 saturated heterocycles. The molecule has 0 bridgehead atoms. The Labute approximate surface area is 102 Å². The lowest BCUT2D eigenvalue weighted by Gasteiger charge is -2.20. The van der Waals surface area contributed by atoms with Crippen LogP contribution in [0.4, 0.5) is 0 Å². The van der Waals surface area contributed by atoms with E-state index in [1.807, 2.05) is 0 Å². The zero-order valence-electron chi connectivity index (χ0n) is 9.67. The zero-order valence-corrected chi connectivity index (χ0v) is 10.5. The van der Waals surface area contributed by atoms with Crippen LogP contribution in [0, 0.1) is 0 Å². The Kier molecular flexibility index (Phi) is 3.69. The van der Waals surface area contributed by atoms with Crippen LogP contribution in [-0.4, -0.2) is 30.9 Å². The van der Waals surface area contributed by atoms with E-state index in [4.69, 9.17) is 0 Å². The summed E-state index contributed by atoms with van der Waals surface area (Å²) in [5.74, 6) is -0.170. The summed E-state index contributed by atoms with van der Waals surface area (Å²) >= 11 is 0. The van der Waals surface area contributed by atoms with E-state index in [1.54, 1.807) is 12.1 Å². The first-order chi connectivity index (χ1) is 8.12. The highest BCUT2D eigenvalue weighted by Gasteiger charge is 2.27.